The van der Waals surface area contributed by atoms with Gasteiger partial charge in [0.1, 0.15) is 18.1 Å². The minimum absolute atomic E-state index is 0.0258. The molecule has 1 fully saturated rings. The Kier molecular flexibility index (Phi) is 7.49. The summed E-state index contributed by atoms with van der Waals surface area (Å²) in [6.45, 7) is 10.6. The number of carbonyl (C=O) groups is 2. The Hall–Kier alpha value is -3.14. The number of likely N-dealkylation sites (tertiary alicyclic amines) is 1. The van der Waals surface area contributed by atoms with Crippen molar-refractivity contribution in [1.82, 2.24) is 24.6 Å². The lowest BCUT2D eigenvalue weighted by atomic mass is 9.86. The minimum atomic E-state index is -4.53. The van der Waals surface area contributed by atoms with E-state index in [4.69, 9.17) is 11.6 Å². The molecule has 0 bridgehead atoms. The minimum Gasteiger partial charge on any atom is -0.338 e. The van der Waals surface area contributed by atoms with Crippen LogP contribution < -0.4 is 0 Å². The highest BCUT2D eigenvalue weighted by Gasteiger charge is 2.36. The van der Waals surface area contributed by atoms with Gasteiger partial charge in [0.25, 0.3) is 0 Å². The number of amides is 1. The zero-order valence-electron chi connectivity index (χ0n) is 21.9. The highest BCUT2D eigenvalue weighted by Crippen LogP contribution is 2.34. The first-order valence-corrected chi connectivity index (χ1v) is 12.8. The maximum absolute atomic E-state index is 13.6. The Morgan fingerprint density at radius 2 is 1.89 bits per heavy atom. The van der Waals surface area contributed by atoms with Gasteiger partial charge in [-0.3, -0.25) is 14.7 Å². The molecule has 1 aliphatic heterocycles. The molecule has 0 atom stereocenters. The average molecular weight is 550 g/mol. The Balaban J connectivity index is 1.58. The quantitative estimate of drug-likeness (QED) is 0.293. The third kappa shape index (κ3) is 5.80. The van der Waals surface area contributed by atoms with Gasteiger partial charge in [0, 0.05) is 48.0 Å². The molecule has 3 aromatic rings. The molecule has 38 heavy (non-hydrogen) atoms. The SMILES string of the molecule is C=CC(=O)N1CC(CC(=O)c2c(C)nc(CCc3[nH]nc4cc(Cl)c(C(C)(C)C)cc34)n2CC(F)(F)F)C1. The van der Waals surface area contributed by atoms with Gasteiger partial charge in [-0.25, -0.2) is 4.98 Å². The number of Topliss-reactive ketones (excluding diaryl/α,β-unsaturated/α-hetero) is 1. The number of fused-ring (bicyclic) bond motifs is 1. The van der Waals surface area contributed by atoms with Crippen LogP contribution in [0, 0.1) is 12.8 Å². The summed E-state index contributed by atoms with van der Waals surface area (Å²) in [6.07, 6.45) is -2.74. The lowest BCUT2D eigenvalue weighted by molar-refractivity contribution is -0.141. The van der Waals surface area contributed by atoms with E-state index in [2.05, 4.69) is 21.8 Å². The van der Waals surface area contributed by atoms with Crippen molar-refractivity contribution in [1.29, 1.82) is 0 Å². The molecule has 1 aromatic carbocycles. The molecule has 204 valence electrons. The zero-order chi connectivity index (χ0) is 28.0. The van der Waals surface area contributed by atoms with E-state index in [1.54, 1.807) is 17.9 Å². The Bertz CT molecular complexity index is 1390. The Morgan fingerprint density at radius 1 is 1.21 bits per heavy atom. The first kappa shape index (κ1) is 27.9. The van der Waals surface area contributed by atoms with Crippen LogP contribution in [-0.4, -0.2) is 55.6 Å². The molecule has 1 saturated heterocycles. The van der Waals surface area contributed by atoms with Gasteiger partial charge in [-0.05, 0) is 42.5 Å². The molecule has 0 unspecified atom stereocenters. The van der Waals surface area contributed by atoms with E-state index >= 15 is 0 Å². The van der Waals surface area contributed by atoms with Crippen molar-refractivity contribution in [3.8, 4) is 0 Å². The Labute approximate surface area is 224 Å². The van der Waals surface area contributed by atoms with Gasteiger partial charge in [-0.1, -0.05) is 39.0 Å². The number of imidazole rings is 1. The second kappa shape index (κ2) is 10.2. The summed E-state index contributed by atoms with van der Waals surface area (Å²) in [5.41, 5.74) is 2.42. The number of rotatable bonds is 8. The number of aromatic amines is 1. The third-order valence-electron chi connectivity index (χ3n) is 6.87. The highest BCUT2D eigenvalue weighted by molar-refractivity contribution is 6.32. The Morgan fingerprint density at radius 3 is 2.50 bits per heavy atom. The first-order chi connectivity index (χ1) is 17.7. The van der Waals surface area contributed by atoms with Crippen LogP contribution >= 0.6 is 11.6 Å². The van der Waals surface area contributed by atoms with Crippen molar-refractivity contribution in [3.05, 3.63) is 58.3 Å². The summed E-state index contributed by atoms with van der Waals surface area (Å²) >= 11 is 6.45. The van der Waals surface area contributed by atoms with Crippen LogP contribution in [0.3, 0.4) is 0 Å². The maximum Gasteiger partial charge on any atom is 0.406 e. The summed E-state index contributed by atoms with van der Waals surface area (Å²) in [6, 6.07) is 3.76. The predicted octanol–water partition coefficient (Wildman–Crippen LogP) is 5.58. The molecule has 1 N–H and O–H groups in total. The second-order valence-corrected chi connectivity index (χ2v) is 11.3. The number of aryl methyl sites for hydroxylation is 3. The van der Waals surface area contributed by atoms with Crippen molar-refractivity contribution in [2.24, 2.45) is 5.92 Å². The fourth-order valence-electron chi connectivity index (χ4n) is 4.98. The van der Waals surface area contributed by atoms with E-state index < -0.39 is 18.5 Å². The molecular weight excluding hydrogens is 519 g/mol. The van der Waals surface area contributed by atoms with E-state index in [1.807, 2.05) is 26.8 Å². The largest absolute Gasteiger partial charge is 0.406 e. The summed E-state index contributed by atoms with van der Waals surface area (Å²) in [5, 5.41) is 8.76. The van der Waals surface area contributed by atoms with Crippen molar-refractivity contribution < 1.29 is 22.8 Å². The van der Waals surface area contributed by atoms with E-state index in [9.17, 15) is 22.8 Å². The van der Waals surface area contributed by atoms with Crippen LogP contribution in [0.5, 0.6) is 0 Å². The first-order valence-electron chi connectivity index (χ1n) is 12.4. The summed E-state index contributed by atoms with van der Waals surface area (Å²) in [7, 11) is 0. The highest BCUT2D eigenvalue weighted by atomic mass is 35.5. The smallest absolute Gasteiger partial charge is 0.338 e. The van der Waals surface area contributed by atoms with Gasteiger partial charge in [0.2, 0.25) is 5.91 Å². The number of benzene rings is 1. The van der Waals surface area contributed by atoms with Crippen LogP contribution in [-0.2, 0) is 29.6 Å². The lowest BCUT2D eigenvalue weighted by Gasteiger charge is -2.38. The summed E-state index contributed by atoms with van der Waals surface area (Å²) < 4.78 is 41.7. The molecule has 0 spiro atoms. The van der Waals surface area contributed by atoms with Gasteiger partial charge in [-0.15, -0.1) is 0 Å². The normalized spacial score (nSPS) is 14.7. The van der Waals surface area contributed by atoms with Gasteiger partial charge in [0.15, 0.2) is 5.78 Å². The van der Waals surface area contributed by atoms with Crippen molar-refractivity contribution in [2.75, 3.05) is 13.1 Å². The van der Waals surface area contributed by atoms with E-state index in [0.717, 1.165) is 21.2 Å². The van der Waals surface area contributed by atoms with Gasteiger partial charge in [0.05, 0.1) is 11.2 Å². The van der Waals surface area contributed by atoms with Crippen LogP contribution in [0.25, 0.3) is 10.9 Å². The fourth-order valence-corrected chi connectivity index (χ4v) is 5.42. The number of H-pyrrole nitrogens is 1. The number of ketones is 1. The molecule has 1 amide bonds. The second-order valence-electron chi connectivity index (χ2n) is 10.9. The molecule has 1 aliphatic rings. The topological polar surface area (TPSA) is 83.9 Å². The van der Waals surface area contributed by atoms with Gasteiger partial charge in [-0.2, -0.15) is 18.3 Å². The molecule has 2 aromatic heterocycles. The number of alkyl halides is 3. The average Bonchev–Trinajstić information content (AvgIpc) is 3.30. The van der Waals surface area contributed by atoms with Crippen LogP contribution in [0.4, 0.5) is 13.2 Å². The van der Waals surface area contributed by atoms with Crippen molar-refractivity contribution in [3.63, 3.8) is 0 Å². The van der Waals surface area contributed by atoms with Crippen LogP contribution in [0.15, 0.2) is 24.8 Å². The van der Waals surface area contributed by atoms with Crippen molar-refractivity contribution in [2.45, 2.75) is 65.1 Å². The van der Waals surface area contributed by atoms with Crippen LogP contribution in [0.1, 0.15) is 60.5 Å². The van der Waals surface area contributed by atoms with E-state index in [1.165, 1.54) is 6.08 Å². The van der Waals surface area contributed by atoms with Gasteiger partial charge >= 0.3 is 6.18 Å². The number of halogens is 4. The van der Waals surface area contributed by atoms with Crippen molar-refractivity contribution >= 4 is 34.2 Å². The maximum atomic E-state index is 13.6. The van der Waals surface area contributed by atoms with E-state index in [-0.39, 0.29) is 47.3 Å². The zero-order valence-corrected chi connectivity index (χ0v) is 22.6. The summed E-state index contributed by atoms with van der Waals surface area (Å²) in [5.74, 6) is -0.549. The standard InChI is InChI=1S/C27H31ClF3N5O2/c1-6-24(38)35-12-16(13-35)9-22(37)25-15(2)32-23(36(25)14-27(29,30)31)8-7-20-17-10-18(26(3,4)5)19(28)11-21(17)34-33-20/h6,10-11,16H,1,7-9,12-14H2,2-5H3,(H,33,34). The molecule has 0 aliphatic carbocycles. The molecule has 7 nitrogen and oxygen atoms in total. The number of nitrogens with one attached hydrogen (secondary N) is 1. The molecule has 0 radical (unpaired) electrons. The van der Waals surface area contributed by atoms with E-state index in [0.29, 0.717) is 30.0 Å². The number of aromatic nitrogens is 4. The van der Waals surface area contributed by atoms with Gasteiger partial charge < -0.3 is 9.47 Å². The fraction of sp³-hybridized carbons (Fsp3) is 0.481. The molecule has 4 rings (SSSR count). The number of hydrogen-bond acceptors (Lipinski definition) is 4. The monoisotopic (exact) mass is 549 g/mol. The third-order valence-corrected chi connectivity index (χ3v) is 7.18. The van der Waals surface area contributed by atoms with Crippen LogP contribution in [0.2, 0.25) is 5.02 Å². The number of carbonyl (C=O) groups excluding carboxylic acids is 2. The molecule has 11 heteroatoms. The molecule has 0 saturated carbocycles. The lowest BCUT2D eigenvalue weighted by Crippen LogP contribution is -2.50. The number of nitrogens with zero attached hydrogens (tertiary/aromatic N) is 4. The molecular formula is C27H31ClF3N5O2. The summed E-state index contributed by atoms with van der Waals surface area (Å²) in [4.78, 5) is 30.7. The molecule has 3 heterocycles. The number of hydrogen-bond donors (Lipinski definition) is 1. The predicted molar refractivity (Wildman–Crippen MR) is 139 cm³/mol.